The van der Waals surface area contributed by atoms with Gasteiger partial charge in [-0.2, -0.15) is 0 Å². The molecule has 4 rings (SSSR count). The Morgan fingerprint density at radius 2 is 1.88 bits per heavy atom. The highest BCUT2D eigenvalue weighted by Gasteiger charge is 2.29. The van der Waals surface area contributed by atoms with Crippen molar-refractivity contribution in [2.75, 3.05) is 26.8 Å². The van der Waals surface area contributed by atoms with E-state index in [0.717, 1.165) is 5.39 Å². The number of carbonyl (C=O) groups excluding carboxylic acids is 3. The highest BCUT2D eigenvalue weighted by Crippen LogP contribution is 2.33. The molecule has 10 nitrogen and oxygen atoms in total. The molecular weight excluding hydrogens is 428 g/mol. The van der Waals surface area contributed by atoms with E-state index in [4.69, 9.17) is 9.47 Å². The molecule has 1 aromatic carbocycles. The highest BCUT2D eigenvalue weighted by atomic mass is 16.5. The molecule has 33 heavy (non-hydrogen) atoms. The van der Waals surface area contributed by atoms with Crippen LogP contribution in [0.25, 0.3) is 21.8 Å². The van der Waals surface area contributed by atoms with Gasteiger partial charge in [-0.05, 0) is 18.9 Å². The average molecular weight is 454 g/mol. The largest absolute Gasteiger partial charge is 0.493 e. The first-order valence-electron chi connectivity index (χ1n) is 10.7. The minimum absolute atomic E-state index is 0.145. The summed E-state index contributed by atoms with van der Waals surface area (Å²) in [5, 5.41) is 4.15. The van der Waals surface area contributed by atoms with E-state index in [-0.39, 0.29) is 41.5 Å². The second kappa shape index (κ2) is 8.97. The molecule has 0 bridgehead atoms. The minimum Gasteiger partial charge on any atom is -0.493 e. The van der Waals surface area contributed by atoms with Gasteiger partial charge < -0.3 is 29.2 Å². The van der Waals surface area contributed by atoms with Crippen LogP contribution in [0.3, 0.4) is 0 Å². The van der Waals surface area contributed by atoms with Crippen molar-refractivity contribution >= 4 is 39.6 Å². The number of hydrogen-bond donors (Lipinski definition) is 2. The van der Waals surface area contributed by atoms with E-state index in [0.29, 0.717) is 42.4 Å². The lowest BCUT2D eigenvalue weighted by Gasteiger charge is -2.32. The molecule has 1 fully saturated rings. The van der Waals surface area contributed by atoms with Crippen molar-refractivity contribution in [2.24, 2.45) is 7.05 Å². The minimum atomic E-state index is -0.499. The number of para-hydroxylation sites is 1. The number of aromatic amines is 1. The van der Waals surface area contributed by atoms with E-state index in [1.165, 1.54) is 14.0 Å². The van der Waals surface area contributed by atoms with Crippen LogP contribution in [0.4, 0.5) is 0 Å². The molecular formula is C23H26N4O6. The number of carbonyl (C=O) groups is 3. The molecule has 0 saturated carbocycles. The predicted molar refractivity (Wildman–Crippen MR) is 121 cm³/mol. The Morgan fingerprint density at radius 3 is 2.55 bits per heavy atom. The zero-order chi connectivity index (χ0) is 23.7. The molecule has 10 heteroatoms. The maximum Gasteiger partial charge on any atom is 0.303 e. The van der Waals surface area contributed by atoms with Crippen molar-refractivity contribution in [3.63, 3.8) is 0 Å². The van der Waals surface area contributed by atoms with Crippen LogP contribution in [-0.2, 0) is 21.4 Å². The van der Waals surface area contributed by atoms with E-state index >= 15 is 0 Å². The van der Waals surface area contributed by atoms with Gasteiger partial charge in [0.1, 0.15) is 5.39 Å². The number of amides is 2. The molecule has 1 aliphatic heterocycles. The monoisotopic (exact) mass is 454 g/mol. The Balaban J connectivity index is 1.56. The fraction of sp³-hybridized carbons (Fsp3) is 0.391. The predicted octanol–water partition coefficient (Wildman–Crippen LogP) is 1.31. The maximum atomic E-state index is 13.3. The lowest BCUT2D eigenvalue weighted by atomic mass is 10.0. The van der Waals surface area contributed by atoms with Crippen molar-refractivity contribution in [3.8, 4) is 5.75 Å². The summed E-state index contributed by atoms with van der Waals surface area (Å²) in [7, 11) is 3.18. The van der Waals surface area contributed by atoms with E-state index < -0.39 is 5.97 Å². The summed E-state index contributed by atoms with van der Waals surface area (Å²) in [4.78, 5) is 53.6. The average Bonchev–Trinajstić information content (AvgIpc) is 3.11. The summed E-state index contributed by atoms with van der Waals surface area (Å²) < 4.78 is 12.0. The molecule has 0 atom stereocenters. The van der Waals surface area contributed by atoms with Crippen LogP contribution >= 0.6 is 0 Å². The molecule has 0 spiro atoms. The van der Waals surface area contributed by atoms with Gasteiger partial charge in [-0.25, -0.2) is 0 Å². The van der Waals surface area contributed by atoms with E-state index in [2.05, 4.69) is 10.3 Å². The van der Waals surface area contributed by atoms with Crippen molar-refractivity contribution in [1.82, 2.24) is 19.8 Å². The third-order valence-electron chi connectivity index (χ3n) is 6.01. The molecule has 2 aromatic heterocycles. The maximum absolute atomic E-state index is 13.3. The van der Waals surface area contributed by atoms with Gasteiger partial charge in [0.2, 0.25) is 0 Å². The van der Waals surface area contributed by atoms with Crippen LogP contribution in [0.5, 0.6) is 5.75 Å². The van der Waals surface area contributed by atoms with Gasteiger partial charge in [0.05, 0.1) is 18.1 Å². The smallest absolute Gasteiger partial charge is 0.303 e. The van der Waals surface area contributed by atoms with Gasteiger partial charge >= 0.3 is 5.97 Å². The van der Waals surface area contributed by atoms with E-state index in [1.54, 1.807) is 16.5 Å². The molecule has 0 unspecified atom stereocenters. The SMILES string of the molecule is COc1c(C(=O)NC2CCN(C(=O)COC(C)=O)CC2)n(C)c2c1c(=O)[nH]c1ccccc12. The topological polar surface area (TPSA) is 123 Å². The Kier molecular flexibility index (Phi) is 6.08. The third kappa shape index (κ3) is 4.15. The zero-order valence-corrected chi connectivity index (χ0v) is 18.8. The van der Waals surface area contributed by atoms with Gasteiger partial charge in [0.25, 0.3) is 17.4 Å². The number of nitrogens with one attached hydrogen (secondary N) is 2. The van der Waals surface area contributed by atoms with Crippen molar-refractivity contribution < 1.29 is 23.9 Å². The number of fused-ring (bicyclic) bond motifs is 3. The number of benzene rings is 1. The number of esters is 1. The highest BCUT2D eigenvalue weighted by molar-refractivity contribution is 6.11. The fourth-order valence-corrected chi connectivity index (χ4v) is 4.40. The van der Waals surface area contributed by atoms with Crippen LogP contribution in [0.2, 0.25) is 0 Å². The van der Waals surface area contributed by atoms with Crippen LogP contribution in [-0.4, -0.2) is 65.1 Å². The quantitative estimate of drug-likeness (QED) is 0.561. The Morgan fingerprint density at radius 1 is 1.18 bits per heavy atom. The lowest BCUT2D eigenvalue weighted by molar-refractivity contribution is -0.150. The summed E-state index contributed by atoms with van der Waals surface area (Å²) in [5.41, 5.74) is 1.25. The normalized spacial score (nSPS) is 14.5. The van der Waals surface area contributed by atoms with Crippen LogP contribution < -0.4 is 15.6 Å². The molecule has 3 heterocycles. The standard InChI is InChI=1S/C23H26N4O6/c1-13(28)33-12-17(29)27-10-8-14(9-11-27)24-23(31)20-21(32-3)18-19(26(20)2)15-6-4-5-7-16(15)25-22(18)30/h4-7,14H,8-12H2,1-3H3,(H,24,31)(H,25,30). The number of aromatic nitrogens is 2. The molecule has 1 saturated heterocycles. The Labute approximate surface area is 189 Å². The summed E-state index contributed by atoms with van der Waals surface area (Å²) in [6, 6.07) is 7.26. The van der Waals surface area contributed by atoms with Gasteiger partial charge in [-0.3, -0.25) is 19.2 Å². The van der Waals surface area contributed by atoms with Crippen LogP contribution in [0.1, 0.15) is 30.3 Å². The number of hydrogen-bond acceptors (Lipinski definition) is 6. The number of aryl methyl sites for hydroxylation is 1. The van der Waals surface area contributed by atoms with Gasteiger partial charge in [0.15, 0.2) is 18.1 Å². The summed E-state index contributed by atoms with van der Waals surface area (Å²) in [6.45, 7) is 1.87. The van der Waals surface area contributed by atoms with Crippen LogP contribution in [0, 0.1) is 0 Å². The molecule has 2 N–H and O–H groups in total. The second-order valence-corrected chi connectivity index (χ2v) is 8.07. The molecule has 2 amide bonds. The fourth-order valence-electron chi connectivity index (χ4n) is 4.40. The number of pyridine rings is 1. The van der Waals surface area contributed by atoms with Crippen LogP contribution in [0.15, 0.2) is 29.1 Å². The lowest BCUT2D eigenvalue weighted by Crippen LogP contribution is -2.47. The van der Waals surface area contributed by atoms with Crippen molar-refractivity contribution in [2.45, 2.75) is 25.8 Å². The first-order valence-corrected chi connectivity index (χ1v) is 10.7. The van der Waals surface area contributed by atoms with E-state index in [9.17, 15) is 19.2 Å². The number of nitrogens with zero attached hydrogens (tertiary/aromatic N) is 2. The number of likely N-dealkylation sites (tertiary alicyclic amines) is 1. The molecule has 0 radical (unpaired) electrons. The molecule has 174 valence electrons. The molecule has 1 aliphatic rings. The number of rotatable bonds is 5. The summed E-state index contributed by atoms with van der Waals surface area (Å²) in [5.74, 6) is -0.873. The zero-order valence-electron chi connectivity index (χ0n) is 18.8. The number of piperidine rings is 1. The summed E-state index contributed by atoms with van der Waals surface area (Å²) in [6.07, 6.45) is 1.13. The Bertz CT molecular complexity index is 1300. The van der Waals surface area contributed by atoms with Gasteiger partial charge in [-0.15, -0.1) is 0 Å². The number of methoxy groups -OCH3 is 1. The summed E-state index contributed by atoms with van der Waals surface area (Å²) >= 11 is 0. The first kappa shape index (κ1) is 22.4. The van der Waals surface area contributed by atoms with Gasteiger partial charge in [-0.1, -0.05) is 18.2 Å². The number of H-pyrrole nitrogens is 1. The second-order valence-electron chi connectivity index (χ2n) is 8.07. The van der Waals surface area contributed by atoms with E-state index in [1.807, 2.05) is 24.3 Å². The molecule has 0 aliphatic carbocycles. The van der Waals surface area contributed by atoms with Gasteiger partial charge in [0, 0.05) is 38.5 Å². The first-order chi connectivity index (χ1) is 15.8. The molecule has 3 aromatic rings. The third-order valence-corrected chi connectivity index (χ3v) is 6.01. The number of ether oxygens (including phenoxy) is 2. The van der Waals surface area contributed by atoms with Crippen molar-refractivity contribution in [1.29, 1.82) is 0 Å². The van der Waals surface area contributed by atoms with Crippen molar-refractivity contribution in [3.05, 3.63) is 40.3 Å². The Hall–Kier alpha value is -3.82.